The number of hydrogen-bond acceptors (Lipinski definition) is 1. The highest BCUT2D eigenvalue weighted by Crippen LogP contribution is 2.37. The maximum Gasteiger partial charge on any atom is 0.119 e. The van der Waals surface area contributed by atoms with Gasteiger partial charge in [-0.25, -0.2) is 0 Å². The number of alkyl halides is 1. The van der Waals surface area contributed by atoms with Crippen molar-refractivity contribution in [3.05, 3.63) is 67.8 Å². The monoisotopic (exact) mass is 424 g/mol. The third kappa shape index (κ3) is 6.54. The fraction of sp³-hybridized carbons (Fsp3) is 0.429. The van der Waals surface area contributed by atoms with Crippen molar-refractivity contribution in [3.63, 3.8) is 0 Å². The first-order valence-electron chi connectivity index (χ1n) is 8.34. The first-order valence-corrected chi connectivity index (χ1v) is 9.87. The molecule has 1 rings (SSSR count). The quantitative estimate of drug-likeness (QED) is 0.149. The lowest BCUT2D eigenvalue weighted by molar-refractivity contribution is 0.306. The Morgan fingerprint density at radius 2 is 1.43 bits per heavy atom. The van der Waals surface area contributed by atoms with Crippen LogP contribution in [-0.4, -0.2) is 11.0 Å². The number of hydrogen-bond donors (Lipinski definition) is 0. The van der Waals surface area contributed by atoms with Gasteiger partial charge in [0.2, 0.25) is 0 Å². The number of benzene rings is 1. The average Bonchev–Trinajstić information content (AvgIpc) is 2.56. The van der Waals surface area contributed by atoms with Crippen molar-refractivity contribution in [2.24, 2.45) is 0 Å². The van der Waals surface area contributed by atoms with Gasteiger partial charge < -0.3 is 4.74 Å². The van der Waals surface area contributed by atoms with Crippen LogP contribution in [0.3, 0.4) is 0 Å². The van der Waals surface area contributed by atoms with Crippen LogP contribution in [-0.2, 0) is 5.41 Å². The molecule has 0 saturated heterocycles. The molecule has 0 spiro atoms. The summed E-state index contributed by atoms with van der Waals surface area (Å²) in [7, 11) is 0. The number of ether oxygens (including phenoxy) is 1. The van der Waals surface area contributed by atoms with Crippen LogP contribution in [0, 0.1) is 0 Å². The summed E-state index contributed by atoms with van der Waals surface area (Å²) >= 11 is 2.42. The first-order chi connectivity index (χ1) is 11.2. The van der Waals surface area contributed by atoms with E-state index in [-0.39, 0.29) is 5.41 Å². The second kappa shape index (κ2) is 11.5. The van der Waals surface area contributed by atoms with Gasteiger partial charge in [-0.1, -0.05) is 53.0 Å². The van der Waals surface area contributed by atoms with Gasteiger partial charge in [0.15, 0.2) is 0 Å². The lowest BCUT2D eigenvalue weighted by Gasteiger charge is -2.32. The Morgan fingerprint density at radius 1 is 0.870 bits per heavy atom. The second-order valence-corrected chi connectivity index (χ2v) is 6.96. The molecule has 2 heteroatoms. The van der Waals surface area contributed by atoms with Gasteiger partial charge in [-0.3, -0.25) is 0 Å². The molecule has 0 heterocycles. The Kier molecular flexibility index (Phi) is 10.0. The first kappa shape index (κ1) is 20.0. The Morgan fingerprint density at radius 3 is 1.91 bits per heavy atom. The molecule has 0 fully saturated rings. The van der Waals surface area contributed by atoms with Gasteiger partial charge in [0.1, 0.15) is 5.75 Å². The molecule has 1 nitrogen and oxygen atoms in total. The molecule has 0 unspecified atom stereocenters. The molecule has 0 aliphatic carbocycles. The van der Waals surface area contributed by atoms with Crippen LogP contribution in [0.25, 0.3) is 0 Å². The van der Waals surface area contributed by atoms with Gasteiger partial charge in [-0.2, -0.15) is 0 Å². The van der Waals surface area contributed by atoms with E-state index in [0.717, 1.165) is 38.0 Å². The van der Waals surface area contributed by atoms with Gasteiger partial charge in [-0.15, -0.1) is 19.7 Å². The highest BCUT2D eigenvalue weighted by molar-refractivity contribution is 14.1. The highest BCUT2D eigenvalue weighted by atomic mass is 127. The summed E-state index contributed by atoms with van der Waals surface area (Å²) in [5.41, 5.74) is 1.32. The largest absolute Gasteiger partial charge is 0.494 e. The smallest absolute Gasteiger partial charge is 0.119 e. The van der Waals surface area contributed by atoms with Crippen molar-refractivity contribution >= 4 is 22.6 Å². The molecule has 0 aromatic heterocycles. The summed E-state index contributed by atoms with van der Waals surface area (Å²) in [4.78, 5) is 0. The molecule has 1 aromatic rings. The zero-order valence-electron chi connectivity index (χ0n) is 14.1. The van der Waals surface area contributed by atoms with Gasteiger partial charge >= 0.3 is 0 Å². The van der Waals surface area contributed by atoms with Crippen LogP contribution in [0.2, 0.25) is 0 Å². The van der Waals surface area contributed by atoms with Crippen molar-refractivity contribution in [1.29, 1.82) is 0 Å². The second-order valence-electron chi connectivity index (χ2n) is 5.88. The summed E-state index contributed by atoms with van der Waals surface area (Å²) < 4.78 is 7.06. The molecule has 0 atom stereocenters. The van der Waals surface area contributed by atoms with E-state index in [0.29, 0.717) is 0 Å². The molecule has 1 aromatic carbocycles. The predicted octanol–water partition coefficient (Wildman–Crippen LogP) is 6.64. The van der Waals surface area contributed by atoms with E-state index in [2.05, 4.69) is 66.6 Å². The Labute approximate surface area is 155 Å². The lowest BCUT2D eigenvalue weighted by atomic mass is 9.72. The van der Waals surface area contributed by atoms with Crippen LogP contribution in [0.4, 0.5) is 0 Å². The number of halogens is 1. The molecular weight excluding hydrogens is 395 g/mol. The molecule has 0 radical (unpaired) electrons. The molecule has 0 saturated carbocycles. The number of allylic oxidation sites excluding steroid dienone is 3. The minimum absolute atomic E-state index is 0.0179. The SMILES string of the molecule is C=CCC(CC=C)(CC=C)c1ccc(OCCCCCI)cc1. The Balaban J connectivity index is 2.75. The van der Waals surface area contributed by atoms with Crippen LogP contribution in [0.5, 0.6) is 5.75 Å². The van der Waals surface area contributed by atoms with E-state index in [1.807, 2.05) is 18.2 Å². The minimum atomic E-state index is 0.0179. The normalized spacial score (nSPS) is 11.0. The van der Waals surface area contributed by atoms with E-state index in [9.17, 15) is 0 Å². The van der Waals surface area contributed by atoms with E-state index < -0.39 is 0 Å². The predicted molar refractivity (Wildman–Crippen MR) is 111 cm³/mol. The summed E-state index contributed by atoms with van der Waals surface area (Å²) in [5.74, 6) is 0.952. The van der Waals surface area contributed by atoms with Crippen molar-refractivity contribution < 1.29 is 4.74 Å². The standard InChI is InChI=1S/C21H29IO/c1-4-14-21(15-5-2,16-6-3)19-10-12-20(13-11-19)23-18-9-7-8-17-22/h4-6,10-13H,1-3,7-9,14-18H2. The molecule has 0 aliphatic rings. The van der Waals surface area contributed by atoms with E-state index in [4.69, 9.17) is 4.74 Å². The fourth-order valence-corrected chi connectivity index (χ4v) is 3.44. The maximum atomic E-state index is 5.84. The van der Waals surface area contributed by atoms with Gasteiger partial charge in [0.25, 0.3) is 0 Å². The zero-order valence-corrected chi connectivity index (χ0v) is 16.3. The summed E-state index contributed by atoms with van der Waals surface area (Å²) in [6.07, 6.45) is 12.4. The molecule has 0 amide bonds. The van der Waals surface area contributed by atoms with Gasteiger partial charge in [0.05, 0.1) is 6.61 Å². The molecule has 0 N–H and O–H groups in total. The van der Waals surface area contributed by atoms with Crippen molar-refractivity contribution in [3.8, 4) is 5.75 Å². The summed E-state index contributed by atoms with van der Waals surface area (Å²) in [6.45, 7) is 12.6. The summed E-state index contributed by atoms with van der Waals surface area (Å²) in [5, 5.41) is 0. The third-order valence-corrected chi connectivity index (χ3v) is 4.88. The van der Waals surface area contributed by atoms with E-state index in [1.165, 1.54) is 22.8 Å². The Hall–Kier alpha value is -1.03. The minimum Gasteiger partial charge on any atom is -0.494 e. The number of unbranched alkanes of at least 4 members (excludes halogenated alkanes) is 2. The van der Waals surface area contributed by atoms with E-state index >= 15 is 0 Å². The van der Waals surface area contributed by atoms with Crippen LogP contribution < -0.4 is 4.74 Å². The van der Waals surface area contributed by atoms with Gasteiger partial charge in [0, 0.05) is 5.41 Å². The fourth-order valence-electron chi connectivity index (χ4n) is 2.90. The lowest BCUT2D eigenvalue weighted by Crippen LogP contribution is -2.24. The number of rotatable bonds is 13. The molecule has 0 bridgehead atoms. The van der Waals surface area contributed by atoms with Crippen LogP contribution in [0.15, 0.2) is 62.2 Å². The maximum absolute atomic E-state index is 5.84. The van der Waals surface area contributed by atoms with Crippen LogP contribution >= 0.6 is 22.6 Å². The van der Waals surface area contributed by atoms with Crippen molar-refractivity contribution in [1.82, 2.24) is 0 Å². The molecule has 0 aliphatic heterocycles. The molecule has 23 heavy (non-hydrogen) atoms. The summed E-state index contributed by atoms with van der Waals surface area (Å²) in [6, 6.07) is 8.52. The zero-order chi connectivity index (χ0) is 17.0. The average molecular weight is 424 g/mol. The van der Waals surface area contributed by atoms with Gasteiger partial charge in [-0.05, 0) is 60.6 Å². The molecule has 126 valence electrons. The van der Waals surface area contributed by atoms with E-state index in [1.54, 1.807) is 0 Å². The van der Waals surface area contributed by atoms with Crippen molar-refractivity contribution in [2.75, 3.05) is 11.0 Å². The van der Waals surface area contributed by atoms with Crippen LogP contribution in [0.1, 0.15) is 44.1 Å². The third-order valence-electron chi connectivity index (χ3n) is 4.12. The molecular formula is C21H29IO. The Bertz CT molecular complexity index is 449. The topological polar surface area (TPSA) is 9.23 Å². The van der Waals surface area contributed by atoms with Crippen molar-refractivity contribution in [2.45, 2.75) is 43.9 Å². The highest BCUT2D eigenvalue weighted by Gasteiger charge is 2.28.